The van der Waals surface area contributed by atoms with Crippen LogP contribution in [-0.4, -0.2) is 19.5 Å². The largest absolute Gasteiger partial charge is 0.353 e. The maximum atomic E-state index is 13.5. The van der Waals surface area contributed by atoms with Crippen molar-refractivity contribution in [3.05, 3.63) is 35.6 Å². The van der Waals surface area contributed by atoms with Gasteiger partial charge in [-0.05, 0) is 37.3 Å². The van der Waals surface area contributed by atoms with Crippen molar-refractivity contribution in [3.8, 4) is 6.07 Å². The van der Waals surface area contributed by atoms with Crippen LogP contribution < -0.4 is 0 Å². The Morgan fingerprint density at radius 3 is 2.95 bits per heavy atom. The Labute approximate surface area is 112 Å². The van der Waals surface area contributed by atoms with Crippen molar-refractivity contribution in [2.24, 2.45) is 5.92 Å². The van der Waals surface area contributed by atoms with E-state index in [2.05, 4.69) is 6.07 Å². The molecule has 0 bridgehead atoms. The molecule has 2 rings (SSSR count). The molecule has 1 heterocycles. The third kappa shape index (κ3) is 4.30. The zero-order chi connectivity index (χ0) is 13.5. The Kier molecular flexibility index (Phi) is 5.31. The lowest BCUT2D eigenvalue weighted by Gasteiger charge is -2.23. The molecular formula is C15H18FNO2. The van der Waals surface area contributed by atoms with Crippen LogP contribution in [0.2, 0.25) is 0 Å². The van der Waals surface area contributed by atoms with Crippen molar-refractivity contribution in [2.45, 2.75) is 32.0 Å². The summed E-state index contributed by atoms with van der Waals surface area (Å²) in [5.74, 6) is -0.612. The third-order valence-corrected chi connectivity index (χ3v) is 3.23. The molecule has 1 aromatic rings. The lowest BCUT2D eigenvalue weighted by Crippen LogP contribution is -2.25. The first kappa shape index (κ1) is 14.0. The fraction of sp³-hybridized carbons (Fsp3) is 0.533. The molecule has 1 aromatic carbocycles. The predicted octanol–water partition coefficient (Wildman–Crippen LogP) is 3.05. The Bertz CT molecular complexity index is 438. The molecule has 19 heavy (non-hydrogen) atoms. The number of nitriles is 1. The van der Waals surface area contributed by atoms with Gasteiger partial charge in [-0.25, -0.2) is 4.39 Å². The van der Waals surface area contributed by atoms with Gasteiger partial charge < -0.3 is 9.47 Å². The van der Waals surface area contributed by atoms with Crippen LogP contribution in [0.5, 0.6) is 0 Å². The summed E-state index contributed by atoms with van der Waals surface area (Å²) in [6, 6.07) is 8.71. The Hall–Kier alpha value is -1.44. The summed E-state index contributed by atoms with van der Waals surface area (Å²) in [7, 11) is 0. The van der Waals surface area contributed by atoms with E-state index in [1.165, 1.54) is 6.07 Å². The number of halogens is 1. The molecule has 0 amide bonds. The first-order valence-electron chi connectivity index (χ1n) is 6.66. The molecular weight excluding hydrogens is 245 g/mol. The van der Waals surface area contributed by atoms with Gasteiger partial charge in [0, 0.05) is 6.61 Å². The second kappa shape index (κ2) is 7.22. The van der Waals surface area contributed by atoms with Gasteiger partial charge in [-0.3, -0.25) is 0 Å². The average molecular weight is 263 g/mol. The van der Waals surface area contributed by atoms with Gasteiger partial charge >= 0.3 is 0 Å². The molecule has 0 N–H and O–H groups in total. The Morgan fingerprint density at radius 2 is 2.26 bits per heavy atom. The fourth-order valence-corrected chi connectivity index (χ4v) is 2.14. The smallest absolute Gasteiger partial charge is 0.157 e. The topological polar surface area (TPSA) is 42.2 Å². The minimum atomic E-state index is -0.345. The highest BCUT2D eigenvalue weighted by Gasteiger charge is 2.18. The number of hydrogen-bond acceptors (Lipinski definition) is 3. The maximum absolute atomic E-state index is 13.5. The first-order valence-corrected chi connectivity index (χ1v) is 6.66. The van der Waals surface area contributed by atoms with E-state index in [0.29, 0.717) is 12.0 Å². The van der Waals surface area contributed by atoms with Crippen molar-refractivity contribution in [3.63, 3.8) is 0 Å². The van der Waals surface area contributed by atoms with E-state index in [1.807, 2.05) is 0 Å². The summed E-state index contributed by atoms with van der Waals surface area (Å²) in [5, 5.41) is 9.11. The number of ether oxygens (including phenoxy) is 2. The highest BCUT2D eigenvalue weighted by atomic mass is 19.1. The first-order chi connectivity index (χ1) is 9.29. The summed E-state index contributed by atoms with van der Waals surface area (Å²) >= 11 is 0. The van der Waals surface area contributed by atoms with Gasteiger partial charge in [0.1, 0.15) is 5.82 Å². The molecule has 1 saturated heterocycles. The normalized spacial score (nSPS) is 20.7. The van der Waals surface area contributed by atoms with E-state index >= 15 is 0 Å². The van der Waals surface area contributed by atoms with Crippen LogP contribution in [0, 0.1) is 23.1 Å². The van der Waals surface area contributed by atoms with Gasteiger partial charge in [0.25, 0.3) is 0 Å². The van der Waals surface area contributed by atoms with Crippen molar-refractivity contribution < 1.29 is 13.9 Å². The molecule has 0 radical (unpaired) electrons. The predicted molar refractivity (Wildman–Crippen MR) is 68.8 cm³/mol. The molecule has 102 valence electrons. The van der Waals surface area contributed by atoms with E-state index in [0.717, 1.165) is 25.9 Å². The summed E-state index contributed by atoms with van der Waals surface area (Å²) in [6.07, 6.45) is 3.20. The van der Waals surface area contributed by atoms with E-state index < -0.39 is 0 Å². The van der Waals surface area contributed by atoms with Gasteiger partial charge in [-0.1, -0.05) is 18.2 Å². The Morgan fingerprint density at radius 1 is 1.42 bits per heavy atom. The van der Waals surface area contributed by atoms with Crippen LogP contribution in [0.25, 0.3) is 0 Å². The lowest BCUT2D eigenvalue weighted by molar-refractivity contribution is -0.166. The van der Waals surface area contributed by atoms with Crippen LogP contribution in [0.4, 0.5) is 4.39 Å². The van der Waals surface area contributed by atoms with Gasteiger partial charge in [-0.15, -0.1) is 0 Å². The van der Waals surface area contributed by atoms with E-state index in [1.54, 1.807) is 18.2 Å². The van der Waals surface area contributed by atoms with Crippen molar-refractivity contribution in [1.82, 2.24) is 0 Å². The van der Waals surface area contributed by atoms with Crippen molar-refractivity contribution >= 4 is 0 Å². The van der Waals surface area contributed by atoms with Gasteiger partial charge in [0.2, 0.25) is 0 Å². The molecule has 0 saturated carbocycles. The third-order valence-electron chi connectivity index (χ3n) is 3.23. The van der Waals surface area contributed by atoms with Gasteiger partial charge in [0.05, 0.1) is 18.6 Å². The lowest BCUT2D eigenvalue weighted by atomic mass is 10.0. The van der Waals surface area contributed by atoms with E-state index in [9.17, 15) is 4.39 Å². The highest BCUT2D eigenvalue weighted by Crippen LogP contribution is 2.17. The average Bonchev–Trinajstić information content (AvgIpc) is 2.46. The molecule has 1 fully saturated rings. The monoisotopic (exact) mass is 263 g/mol. The molecule has 0 aliphatic carbocycles. The van der Waals surface area contributed by atoms with Gasteiger partial charge in [0.15, 0.2) is 6.29 Å². The van der Waals surface area contributed by atoms with Crippen LogP contribution >= 0.6 is 0 Å². The molecule has 3 nitrogen and oxygen atoms in total. The van der Waals surface area contributed by atoms with Gasteiger partial charge in [-0.2, -0.15) is 5.26 Å². The second-order valence-corrected chi connectivity index (χ2v) is 4.75. The van der Waals surface area contributed by atoms with Crippen molar-refractivity contribution in [1.29, 1.82) is 5.26 Å². The standard InChI is InChI=1S/C15H18FNO2/c16-14-6-2-1-5-13(14)9-12(10-17)11-19-15-7-3-4-8-18-15/h1-2,5-6,12,15H,3-4,7-9,11H2/t12-,15?/m1/s1. The zero-order valence-electron chi connectivity index (χ0n) is 10.8. The number of nitrogens with zero attached hydrogens (tertiary/aromatic N) is 1. The highest BCUT2D eigenvalue weighted by molar-refractivity contribution is 5.18. The minimum Gasteiger partial charge on any atom is -0.353 e. The van der Waals surface area contributed by atoms with E-state index in [-0.39, 0.29) is 24.6 Å². The van der Waals surface area contributed by atoms with E-state index in [4.69, 9.17) is 14.7 Å². The van der Waals surface area contributed by atoms with Crippen LogP contribution in [-0.2, 0) is 15.9 Å². The summed E-state index contributed by atoms with van der Waals surface area (Å²) in [6.45, 7) is 1.00. The summed E-state index contributed by atoms with van der Waals surface area (Å²) in [5.41, 5.74) is 0.558. The molecule has 4 heteroatoms. The number of hydrogen-bond donors (Lipinski definition) is 0. The SMILES string of the molecule is N#C[C@H](COC1CCCCO1)Cc1ccccc1F. The summed E-state index contributed by atoms with van der Waals surface area (Å²) in [4.78, 5) is 0. The molecule has 1 unspecified atom stereocenters. The zero-order valence-corrected chi connectivity index (χ0v) is 10.8. The fourth-order valence-electron chi connectivity index (χ4n) is 2.14. The van der Waals surface area contributed by atoms with Crippen LogP contribution in [0.1, 0.15) is 24.8 Å². The quantitative estimate of drug-likeness (QED) is 0.820. The Balaban J connectivity index is 1.83. The number of rotatable bonds is 5. The van der Waals surface area contributed by atoms with Crippen LogP contribution in [0.3, 0.4) is 0 Å². The molecule has 1 aliphatic rings. The molecule has 0 spiro atoms. The molecule has 1 aliphatic heterocycles. The maximum Gasteiger partial charge on any atom is 0.157 e. The molecule has 0 aromatic heterocycles. The number of benzene rings is 1. The molecule has 2 atom stereocenters. The summed E-state index contributed by atoms with van der Waals surface area (Å²) < 4.78 is 24.5. The van der Waals surface area contributed by atoms with Crippen molar-refractivity contribution in [2.75, 3.05) is 13.2 Å². The van der Waals surface area contributed by atoms with Crippen LogP contribution in [0.15, 0.2) is 24.3 Å². The second-order valence-electron chi connectivity index (χ2n) is 4.75. The minimum absolute atomic E-state index is 0.203.